The van der Waals surface area contributed by atoms with Crippen LogP contribution in [0, 0.1) is 0 Å². The Morgan fingerprint density at radius 2 is 1.51 bits per heavy atom. The minimum Gasteiger partial charge on any atom is -0.351 e. The van der Waals surface area contributed by atoms with Crippen molar-refractivity contribution < 1.29 is 23.7 Å². The fourth-order valence-electron chi connectivity index (χ4n) is 4.55. The van der Waals surface area contributed by atoms with Crippen LogP contribution in [0.2, 0.25) is 0 Å². The van der Waals surface area contributed by atoms with Crippen LogP contribution in [0.3, 0.4) is 0 Å². The van der Waals surface area contributed by atoms with Gasteiger partial charge in [-0.2, -0.15) is 0 Å². The first kappa shape index (κ1) is 31.2. The molecule has 37 heavy (non-hydrogen) atoms. The summed E-state index contributed by atoms with van der Waals surface area (Å²) in [4.78, 5) is 30.9. The number of amides is 1. The van der Waals surface area contributed by atoms with Gasteiger partial charge in [-0.15, -0.1) is 0 Å². The highest BCUT2D eigenvalue weighted by atomic mass is 31.2. The molecule has 2 aromatic rings. The van der Waals surface area contributed by atoms with Crippen molar-refractivity contribution in [1.82, 2.24) is 5.32 Å². The third-order valence-electron chi connectivity index (χ3n) is 6.57. The molecule has 0 unspecified atom stereocenters. The standard InChI is InChI=1S/C30H46NO5P/c1-2-3-4-5-6-7-8-9-10-11-12-13-14-15-23-30(32)31-28(25-36-37(33,34)35)24-27-21-18-20-26-19-16-17-22-29(26)27/h9-10,16-22,28H,2-8,11-15,23-25H2,1H3,(H,31,32)(H2,33,34,35)/b10-9-/t28-/m0/s1. The maximum atomic E-state index is 12.6. The van der Waals surface area contributed by atoms with E-state index in [4.69, 9.17) is 14.3 Å². The first-order chi connectivity index (χ1) is 17.9. The normalized spacial score (nSPS) is 12.8. The van der Waals surface area contributed by atoms with E-state index in [0.717, 1.165) is 48.4 Å². The first-order valence-corrected chi connectivity index (χ1v) is 15.5. The van der Waals surface area contributed by atoms with Crippen LogP contribution in [-0.4, -0.2) is 28.3 Å². The van der Waals surface area contributed by atoms with Gasteiger partial charge in [0.05, 0.1) is 12.6 Å². The van der Waals surface area contributed by atoms with Crippen LogP contribution >= 0.6 is 7.82 Å². The second-order valence-corrected chi connectivity index (χ2v) is 11.1. The number of phosphoric ester groups is 1. The van der Waals surface area contributed by atoms with Crippen LogP contribution in [0.4, 0.5) is 0 Å². The van der Waals surface area contributed by atoms with Crippen molar-refractivity contribution in [3.05, 3.63) is 60.2 Å². The number of phosphoric acid groups is 1. The molecule has 0 heterocycles. The lowest BCUT2D eigenvalue weighted by Gasteiger charge is -2.20. The Labute approximate surface area is 223 Å². The predicted molar refractivity (Wildman–Crippen MR) is 152 cm³/mol. The fraction of sp³-hybridized carbons (Fsp3) is 0.567. The zero-order valence-electron chi connectivity index (χ0n) is 22.4. The number of carbonyl (C=O) groups is 1. The van der Waals surface area contributed by atoms with E-state index < -0.39 is 13.9 Å². The molecule has 0 aromatic heterocycles. The molecule has 7 heteroatoms. The highest BCUT2D eigenvalue weighted by Gasteiger charge is 2.20. The number of carbonyl (C=O) groups excluding carboxylic acids is 1. The van der Waals surface area contributed by atoms with Gasteiger partial charge in [0.25, 0.3) is 0 Å². The maximum absolute atomic E-state index is 12.6. The topological polar surface area (TPSA) is 95.9 Å². The largest absolute Gasteiger partial charge is 0.469 e. The highest BCUT2D eigenvalue weighted by Crippen LogP contribution is 2.36. The highest BCUT2D eigenvalue weighted by molar-refractivity contribution is 7.46. The first-order valence-electron chi connectivity index (χ1n) is 14.0. The van der Waals surface area contributed by atoms with Gasteiger partial charge in [-0.3, -0.25) is 9.32 Å². The second-order valence-electron chi connectivity index (χ2n) is 9.87. The minimum atomic E-state index is -4.63. The lowest BCUT2D eigenvalue weighted by atomic mass is 9.99. The van der Waals surface area contributed by atoms with E-state index in [-0.39, 0.29) is 12.5 Å². The molecule has 0 radical (unpaired) electrons. The van der Waals surface area contributed by atoms with Crippen LogP contribution in [0.5, 0.6) is 0 Å². The third-order valence-corrected chi connectivity index (χ3v) is 7.06. The monoisotopic (exact) mass is 531 g/mol. The van der Waals surface area contributed by atoms with Crippen LogP contribution in [0.15, 0.2) is 54.6 Å². The Balaban J connectivity index is 1.68. The van der Waals surface area contributed by atoms with Crippen molar-refractivity contribution in [2.24, 2.45) is 0 Å². The van der Waals surface area contributed by atoms with E-state index in [0.29, 0.717) is 12.8 Å². The van der Waals surface area contributed by atoms with Crippen LogP contribution in [0.25, 0.3) is 10.8 Å². The summed E-state index contributed by atoms with van der Waals surface area (Å²) in [5.41, 5.74) is 1.00. The molecule has 2 aromatic carbocycles. The summed E-state index contributed by atoms with van der Waals surface area (Å²) in [5, 5.41) is 5.07. The quantitative estimate of drug-likeness (QED) is 0.0928. The molecule has 206 valence electrons. The third kappa shape index (κ3) is 14.5. The number of hydrogen-bond donors (Lipinski definition) is 3. The molecule has 0 saturated carbocycles. The number of nitrogens with one attached hydrogen (secondary N) is 1. The summed E-state index contributed by atoms with van der Waals surface area (Å²) in [7, 11) is -4.63. The number of allylic oxidation sites excluding steroid dienone is 2. The Morgan fingerprint density at radius 1 is 0.892 bits per heavy atom. The second kappa shape index (κ2) is 18.3. The Bertz CT molecular complexity index is 982. The Hall–Kier alpha value is -1.98. The summed E-state index contributed by atoms with van der Waals surface area (Å²) in [6.45, 7) is 2.00. The number of rotatable bonds is 20. The van der Waals surface area contributed by atoms with Crippen molar-refractivity contribution in [3.8, 4) is 0 Å². The molecule has 0 aliphatic rings. The molecule has 0 aliphatic carbocycles. The van der Waals surface area contributed by atoms with E-state index in [2.05, 4.69) is 24.4 Å². The number of fused-ring (bicyclic) bond motifs is 1. The molecule has 1 amide bonds. The molecule has 0 bridgehead atoms. The molecule has 0 saturated heterocycles. The van der Waals surface area contributed by atoms with Gasteiger partial charge in [0.2, 0.25) is 5.91 Å². The average molecular weight is 532 g/mol. The van der Waals surface area contributed by atoms with Crippen LogP contribution < -0.4 is 5.32 Å². The number of unbranched alkanes of at least 4 members (excludes halogenated alkanes) is 10. The lowest BCUT2D eigenvalue weighted by molar-refractivity contribution is -0.122. The van der Waals surface area contributed by atoms with Crippen molar-refractivity contribution in [2.45, 2.75) is 103 Å². The van der Waals surface area contributed by atoms with Crippen molar-refractivity contribution >= 4 is 24.5 Å². The molecule has 2 rings (SSSR count). The summed E-state index contributed by atoms with van der Waals surface area (Å²) < 4.78 is 16.0. The van der Waals surface area contributed by atoms with Crippen molar-refractivity contribution in [1.29, 1.82) is 0 Å². The SMILES string of the molecule is CCCCCCCC/C=C\CCCCCCC(=O)N[C@H](COP(=O)(O)O)Cc1cccc2ccccc12. The zero-order valence-corrected chi connectivity index (χ0v) is 23.3. The van der Waals surface area contributed by atoms with Crippen LogP contribution in [0.1, 0.15) is 96.0 Å². The molecule has 0 spiro atoms. The van der Waals surface area contributed by atoms with Crippen LogP contribution in [-0.2, 0) is 20.3 Å². The smallest absolute Gasteiger partial charge is 0.351 e. The molecule has 0 aliphatic heterocycles. The molecular weight excluding hydrogens is 485 g/mol. The van der Waals surface area contributed by atoms with E-state index in [9.17, 15) is 9.36 Å². The van der Waals surface area contributed by atoms with Crippen molar-refractivity contribution in [3.63, 3.8) is 0 Å². The molecular formula is C30H46NO5P. The van der Waals surface area contributed by atoms with Gasteiger partial charge in [-0.05, 0) is 54.9 Å². The van der Waals surface area contributed by atoms with E-state index in [1.54, 1.807) is 0 Å². The van der Waals surface area contributed by atoms with Gasteiger partial charge < -0.3 is 15.1 Å². The minimum absolute atomic E-state index is 0.113. The van der Waals surface area contributed by atoms with Gasteiger partial charge >= 0.3 is 7.82 Å². The average Bonchev–Trinajstić information content (AvgIpc) is 2.87. The summed E-state index contributed by atoms with van der Waals surface area (Å²) in [6.07, 6.45) is 19.7. The van der Waals surface area contributed by atoms with E-state index in [1.807, 2.05) is 42.5 Å². The number of hydrogen-bond acceptors (Lipinski definition) is 3. The molecule has 3 N–H and O–H groups in total. The van der Waals surface area contributed by atoms with Gasteiger partial charge in [0.1, 0.15) is 0 Å². The maximum Gasteiger partial charge on any atom is 0.469 e. The van der Waals surface area contributed by atoms with Gasteiger partial charge in [0, 0.05) is 6.42 Å². The van der Waals surface area contributed by atoms with E-state index >= 15 is 0 Å². The molecule has 0 fully saturated rings. The van der Waals surface area contributed by atoms with Gasteiger partial charge in [-0.1, -0.05) is 106 Å². The lowest BCUT2D eigenvalue weighted by Crippen LogP contribution is -2.39. The molecule has 1 atom stereocenters. The fourth-order valence-corrected chi connectivity index (χ4v) is 4.93. The molecule has 6 nitrogen and oxygen atoms in total. The summed E-state index contributed by atoms with van der Waals surface area (Å²) >= 11 is 0. The summed E-state index contributed by atoms with van der Waals surface area (Å²) in [5.74, 6) is -0.113. The Morgan fingerprint density at radius 3 is 2.22 bits per heavy atom. The van der Waals surface area contributed by atoms with E-state index in [1.165, 1.54) is 44.9 Å². The zero-order chi connectivity index (χ0) is 26.8. The number of benzene rings is 2. The Kier molecular flexibility index (Phi) is 15.5. The summed E-state index contributed by atoms with van der Waals surface area (Å²) in [6, 6.07) is 13.4. The van der Waals surface area contributed by atoms with Crippen molar-refractivity contribution in [2.75, 3.05) is 6.61 Å². The predicted octanol–water partition coefficient (Wildman–Crippen LogP) is 7.62. The van der Waals surface area contributed by atoms with Gasteiger partial charge in [-0.25, -0.2) is 4.57 Å². The van der Waals surface area contributed by atoms with Gasteiger partial charge in [0.15, 0.2) is 0 Å².